The minimum atomic E-state index is -3.99. The molecule has 1 heterocycles. The van der Waals surface area contributed by atoms with Crippen LogP contribution in [-0.4, -0.2) is 32.0 Å². The van der Waals surface area contributed by atoms with Crippen LogP contribution in [0.15, 0.2) is 77.7 Å². The highest BCUT2D eigenvalue weighted by Gasteiger charge is 2.28. The van der Waals surface area contributed by atoms with Crippen molar-refractivity contribution in [3.05, 3.63) is 89.5 Å². The average Bonchev–Trinajstić information content (AvgIpc) is 2.85. The molecule has 186 valence electrons. The molecule has 10 heteroatoms. The van der Waals surface area contributed by atoms with E-state index < -0.39 is 21.8 Å². The van der Waals surface area contributed by atoms with Crippen LogP contribution in [0.25, 0.3) is 0 Å². The molecule has 0 bridgehead atoms. The molecule has 3 aromatic rings. The molecule has 1 aliphatic rings. The number of imide groups is 1. The maximum Gasteiger partial charge on any atom is 0.261 e. The van der Waals surface area contributed by atoms with Gasteiger partial charge in [0.05, 0.1) is 10.8 Å². The molecule has 8 nitrogen and oxygen atoms in total. The number of carbonyl (C=O) groups excluding carboxylic acids is 3. The summed E-state index contributed by atoms with van der Waals surface area (Å²) in [6, 6.07) is 19.5. The van der Waals surface area contributed by atoms with E-state index in [4.69, 9.17) is 11.6 Å². The highest BCUT2D eigenvalue weighted by Crippen LogP contribution is 2.28. The number of rotatable bonds is 8. The molecular weight excluding hydrogens is 502 g/mol. The van der Waals surface area contributed by atoms with E-state index in [1.807, 2.05) is 12.1 Å². The van der Waals surface area contributed by atoms with Crippen LogP contribution in [0.2, 0.25) is 0 Å². The smallest absolute Gasteiger partial charge is 0.261 e. The number of nitrogens with one attached hydrogen (secondary N) is 3. The summed E-state index contributed by atoms with van der Waals surface area (Å²) in [5.41, 5.74) is 2.67. The zero-order chi connectivity index (χ0) is 25.7. The topological polar surface area (TPSA) is 121 Å². The lowest BCUT2D eigenvalue weighted by Gasteiger charge is -2.21. The number of amides is 3. The van der Waals surface area contributed by atoms with Crippen molar-refractivity contribution in [1.29, 1.82) is 0 Å². The molecule has 0 radical (unpaired) electrons. The number of aryl methyl sites for hydroxylation is 1. The lowest BCUT2D eigenvalue weighted by atomic mass is 9.90. The molecule has 1 atom stereocenters. The van der Waals surface area contributed by atoms with Crippen LogP contribution in [0.5, 0.6) is 0 Å². The Labute approximate surface area is 214 Å². The maximum absolute atomic E-state index is 13.0. The van der Waals surface area contributed by atoms with Crippen LogP contribution < -0.4 is 15.4 Å². The first-order chi connectivity index (χ1) is 17.2. The van der Waals surface area contributed by atoms with E-state index in [9.17, 15) is 22.8 Å². The molecule has 3 aromatic carbocycles. The van der Waals surface area contributed by atoms with Gasteiger partial charge in [0.25, 0.3) is 15.9 Å². The van der Waals surface area contributed by atoms with Crippen LogP contribution >= 0.6 is 11.6 Å². The van der Waals surface area contributed by atoms with E-state index in [0.29, 0.717) is 35.5 Å². The van der Waals surface area contributed by atoms with E-state index in [1.165, 1.54) is 18.2 Å². The third-order valence-corrected chi connectivity index (χ3v) is 7.35. The Kier molecular flexibility index (Phi) is 7.71. The predicted octanol–water partition coefficient (Wildman–Crippen LogP) is 4.04. The molecule has 3 N–H and O–H groups in total. The van der Waals surface area contributed by atoms with Crippen molar-refractivity contribution in [2.24, 2.45) is 0 Å². The molecule has 0 aromatic heterocycles. The van der Waals surface area contributed by atoms with Crippen molar-refractivity contribution in [1.82, 2.24) is 5.32 Å². The molecule has 4 rings (SSSR count). The summed E-state index contributed by atoms with van der Waals surface area (Å²) < 4.78 is 28.6. The van der Waals surface area contributed by atoms with Gasteiger partial charge in [-0.3, -0.25) is 24.4 Å². The third-order valence-electron chi connectivity index (χ3n) is 5.78. The van der Waals surface area contributed by atoms with Gasteiger partial charge in [-0.05, 0) is 66.4 Å². The van der Waals surface area contributed by atoms with Gasteiger partial charge in [0, 0.05) is 29.2 Å². The number of hydrogen-bond donors (Lipinski definition) is 3. The van der Waals surface area contributed by atoms with Crippen LogP contribution in [0.4, 0.5) is 11.4 Å². The van der Waals surface area contributed by atoms with Gasteiger partial charge >= 0.3 is 0 Å². The van der Waals surface area contributed by atoms with Crippen LogP contribution in [0, 0.1) is 0 Å². The highest BCUT2D eigenvalue weighted by atomic mass is 35.5. The summed E-state index contributed by atoms with van der Waals surface area (Å²) in [6.45, 7) is 0. The van der Waals surface area contributed by atoms with E-state index >= 15 is 0 Å². The zero-order valence-corrected chi connectivity index (χ0v) is 20.7. The minimum Gasteiger partial charge on any atom is -0.322 e. The van der Waals surface area contributed by atoms with Crippen molar-refractivity contribution in [2.75, 3.05) is 15.9 Å². The SMILES string of the molecule is O=C1CCC(c2cccc(NS(=O)(=O)c3cccc(NC(=O)c4ccc(CCCl)cc4)c3)c2)C(=O)N1. The van der Waals surface area contributed by atoms with Gasteiger partial charge in [0.2, 0.25) is 11.8 Å². The first-order valence-corrected chi connectivity index (χ1v) is 13.3. The fourth-order valence-electron chi connectivity index (χ4n) is 3.92. The molecule has 3 amide bonds. The normalized spacial score (nSPS) is 15.8. The Hall–Kier alpha value is -3.69. The van der Waals surface area contributed by atoms with Gasteiger partial charge < -0.3 is 5.32 Å². The molecule has 36 heavy (non-hydrogen) atoms. The monoisotopic (exact) mass is 525 g/mol. The zero-order valence-electron chi connectivity index (χ0n) is 19.2. The van der Waals surface area contributed by atoms with Gasteiger partial charge in [0.1, 0.15) is 0 Å². The molecule has 0 aliphatic carbocycles. The maximum atomic E-state index is 13.0. The second-order valence-electron chi connectivity index (χ2n) is 8.35. The number of halogens is 1. The van der Waals surface area contributed by atoms with Crippen molar-refractivity contribution in [3.8, 4) is 0 Å². The molecule has 1 aliphatic heterocycles. The molecule has 1 fully saturated rings. The van der Waals surface area contributed by atoms with Crippen LogP contribution in [0.3, 0.4) is 0 Å². The molecule has 0 saturated carbocycles. The number of carbonyl (C=O) groups is 3. The van der Waals surface area contributed by atoms with Crippen molar-refractivity contribution in [2.45, 2.75) is 30.1 Å². The van der Waals surface area contributed by atoms with E-state index in [0.717, 1.165) is 5.56 Å². The van der Waals surface area contributed by atoms with Crippen LogP contribution in [0.1, 0.15) is 40.2 Å². The van der Waals surface area contributed by atoms with E-state index in [2.05, 4.69) is 15.4 Å². The Bertz CT molecular complexity index is 1410. The largest absolute Gasteiger partial charge is 0.322 e. The summed E-state index contributed by atoms with van der Waals surface area (Å²) >= 11 is 5.74. The van der Waals surface area contributed by atoms with Gasteiger partial charge in [-0.25, -0.2) is 8.42 Å². The second-order valence-corrected chi connectivity index (χ2v) is 10.4. The molecule has 1 unspecified atom stereocenters. The van der Waals surface area contributed by atoms with Crippen LogP contribution in [-0.2, 0) is 26.0 Å². The van der Waals surface area contributed by atoms with Crippen molar-refractivity contribution in [3.63, 3.8) is 0 Å². The number of anilines is 2. The summed E-state index contributed by atoms with van der Waals surface area (Å²) in [6.07, 6.45) is 1.29. The molecular formula is C26H24ClN3O5S. The third kappa shape index (κ3) is 6.10. The van der Waals surface area contributed by atoms with Gasteiger partial charge in [-0.2, -0.15) is 0 Å². The summed E-state index contributed by atoms with van der Waals surface area (Å²) in [5, 5.41) is 5.02. The molecule has 1 saturated heterocycles. The minimum absolute atomic E-state index is 0.0378. The number of hydrogen-bond acceptors (Lipinski definition) is 5. The summed E-state index contributed by atoms with van der Waals surface area (Å²) in [5.74, 6) is -1.13. The number of alkyl halides is 1. The summed E-state index contributed by atoms with van der Waals surface area (Å²) in [4.78, 5) is 36.2. The lowest BCUT2D eigenvalue weighted by Crippen LogP contribution is -2.39. The second kappa shape index (κ2) is 10.9. The fourth-order valence-corrected chi connectivity index (χ4v) is 5.23. The average molecular weight is 526 g/mol. The van der Waals surface area contributed by atoms with Gasteiger partial charge in [-0.15, -0.1) is 11.6 Å². The predicted molar refractivity (Wildman–Crippen MR) is 138 cm³/mol. The number of sulfonamides is 1. The van der Waals surface area contributed by atoms with Gasteiger partial charge in [-0.1, -0.05) is 30.3 Å². The first-order valence-electron chi connectivity index (χ1n) is 11.3. The Morgan fingerprint density at radius 1 is 0.972 bits per heavy atom. The standard InChI is InChI=1S/C26H24ClN3O5S/c27-14-13-17-7-9-18(10-8-17)25(32)28-20-4-2-6-22(16-20)36(34,35)30-21-5-1-3-19(15-21)23-11-12-24(31)29-26(23)33/h1-10,15-16,23,30H,11-14H2,(H,28,32)(H,29,31,33). The quantitative estimate of drug-likeness (QED) is 0.303. The molecule has 0 spiro atoms. The Balaban J connectivity index is 1.48. The van der Waals surface area contributed by atoms with E-state index in [1.54, 1.807) is 42.5 Å². The first kappa shape index (κ1) is 25.4. The fraction of sp³-hybridized carbons (Fsp3) is 0.192. The summed E-state index contributed by atoms with van der Waals surface area (Å²) in [7, 11) is -3.99. The number of piperidine rings is 1. The lowest BCUT2D eigenvalue weighted by molar-refractivity contribution is -0.134. The number of benzene rings is 3. The van der Waals surface area contributed by atoms with Crippen molar-refractivity contribution >= 4 is 50.7 Å². The highest BCUT2D eigenvalue weighted by molar-refractivity contribution is 7.92. The Morgan fingerprint density at radius 2 is 1.69 bits per heavy atom. The van der Waals surface area contributed by atoms with Gasteiger partial charge in [0.15, 0.2) is 0 Å². The Morgan fingerprint density at radius 3 is 2.42 bits per heavy atom. The van der Waals surface area contributed by atoms with E-state index in [-0.39, 0.29) is 28.8 Å². The van der Waals surface area contributed by atoms with Crippen molar-refractivity contribution < 1.29 is 22.8 Å².